The number of aliphatic hydroxyl groups is 2. The zero-order chi connectivity index (χ0) is 26.6. The highest BCUT2D eigenvalue weighted by Gasteiger charge is 2.68. The minimum absolute atomic E-state index is 0.0295. The number of ketones is 1. The second-order valence-corrected chi connectivity index (χ2v) is 10.7. The van der Waals surface area contributed by atoms with Gasteiger partial charge < -0.3 is 30.3 Å². The summed E-state index contributed by atoms with van der Waals surface area (Å²) < 4.78 is 6.60. The first-order valence-corrected chi connectivity index (χ1v) is 12.4. The second kappa shape index (κ2) is 9.28. The molecule has 36 heavy (non-hydrogen) atoms. The van der Waals surface area contributed by atoms with Crippen LogP contribution >= 0.6 is 0 Å². The predicted molar refractivity (Wildman–Crippen MR) is 132 cm³/mol. The van der Waals surface area contributed by atoms with Crippen LogP contribution in [0.5, 0.6) is 5.75 Å². The number of aliphatic carboxylic acids is 1. The minimum atomic E-state index is -1.82. The van der Waals surface area contributed by atoms with Crippen LogP contribution in [0.15, 0.2) is 23.8 Å². The molecule has 6 atom stereocenters. The van der Waals surface area contributed by atoms with E-state index in [-0.39, 0.29) is 18.2 Å². The van der Waals surface area contributed by atoms with Crippen LogP contribution in [0.25, 0.3) is 0 Å². The summed E-state index contributed by atoms with van der Waals surface area (Å²) in [5.74, 6) is -1.69. The number of carbonyl (C=O) groups excluding carboxylic acids is 2. The van der Waals surface area contributed by atoms with Crippen LogP contribution in [0, 0.1) is 13.8 Å². The highest BCUT2D eigenvalue weighted by Crippen LogP contribution is 2.61. The molecule has 0 radical (unpaired) electrons. The maximum Gasteiger partial charge on any atom is 0.333 e. The third-order valence-electron chi connectivity index (χ3n) is 8.59. The number of likely N-dealkylation sites (N-methyl/N-ethyl adjacent to an activating group) is 1. The molecule has 1 aromatic carbocycles. The molecular weight excluding hydrogens is 464 g/mol. The second-order valence-electron chi connectivity index (χ2n) is 10.7. The number of carboxylic acids is 1. The largest absolute Gasteiger partial charge is 0.484 e. The molecule has 9 nitrogen and oxygen atoms in total. The van der Waals surface area contributed by atoms with Crippen molar-refractivity contribution in [1.82, 2.24) is 10.2 Å². The van der Waals surface area contributed by atoms with Crippen LogP contribution in [0.3, 0.4) is 0 Å². The SMILES string of the molecule is Cc1ccc(C)c2c1OC1C(CC(=O)C(C)NC(=O)CC(O)C(=O)O)=CCC3(O)C(C)N(C)CCC213. The molecule has 2 heterocycles. The number of benzene rings is 1. The van der Waals surface area contributed by atoms with Gasteiger partial charge >= 0.3 is 5.97 Å². The molecule has 1 aromatic rings. The maximum atomic E-state index is 13.2. The van der Waals surface area contributed by atoms with Gasteiger partial charge in [-0.25, -0.2) is 4.79 Å². The average molecular weight is 501 g/mol. The van der Waals surface area contributed by atoms with Crippen LogP contribution in [-0.2, 0) is 19.8 Å². The van der Waals surface area contributed by atoms with Gasteiger partial charge in [-0.2, -0.15) is 0 Å². The van der Waals surface area contributed by atoms with Crippen molar-refractivity contribution in [2.24, 2.45) is 0 Å². The van der Waals surface area contributed by atoms with Gasteiger partial charge in [0.05, 0.1) is 23.5 Å². The van der Waals surface area contributed by atoms with Crippen molar-refractivity contribution in [1.29, 1.82) is 0 Å². The summed E-state index contributed by atoms with van der Waals surface area (Å²) in [6, 6.07) is 3.07. The number of nitrogens with zero attached hydrogens (tertiary/aromatic N) is 1. The number of carbonyl (C=O) groups is 3. The highest BCUT2D eigenvalue weighted by atomic mass is 16.5. The van der Waals surface area contributed by atoms with Gasteiger partial charge in [0, 0.05) is 18.0 Å². The van der Waals surface area contributed by atoms with Gasteiger partial charge in [-0.15, -0.1) is 0 Å². The summed E-state index contributed by atoms with van der Waals surface area (Å²) in [4.78, 5) is 38.2. The van der Waals surface area contributed by atoms with Crippen LogP contribution in [-0.4, -0.2) is 81.4 Å². The fourth-order valence-electron chi connectivity index (χ4n) is 6.34. The van der Waals surface area contributed by atoms with E-state index in [0.29, 0.717) is 12.8 Å². The normalized spacial score (nSPS) is 30.7. The standard InChI is InChI=1S/C27H36N2O7/c1-14-6-7-15(2)23-22(14)26-10-11-29(5)17(4)27(26,35)9-8-18(24(26)36-23)12-19(30)16(3)28-21(32)13-20(31)25(33)34/h6-8,16-17,20,24,31,35H,9-13H2,1-5H3,(H,28,32)(H,33,34). The molecule has 196 valence electrons. The Morgan fingerprint density at radius 2 is 1.92 bits per heavy atom. The molecule has 1 saturated heterocycles. The zero-order valence-electron chi connectivity index (χ0n) is 21.5. The number of amides is 1. The van der Waals surface area contributed by atoms with E-state index in [2.05, 4.69) is 16.3 Å². The Balaban J connectivity index is 1.64. The van der Waals surface area contributed by atoms with Gasteiger partial charge in [0.25, 0.3) is 0 Å². The molecule has 0 aromatic heterocycles. The Hall–Kier alpha value is -2.75. The van der Waals surface area contributed by atoms with Gasteiger partial charge in [0.15, 0.2) is 11.9 Å². The molecule has 4 rings (SSSR count). The summed E-state index contributed by atoms with van der Waals surface area (Å²) in [5.41, 5.74) is 2.05. The summed E-state index contributed by atoms with van der Waals surface area (Å²) >= 11 is 0. The summed E-state index contributed by atoms with van der Waals surface area (Å²) in [5, 5.41) is 33.0. The Morgan fingerprint density at radius 1 is 1.25 bits per heavy atom. The fraction of sp³-hybridized carbons (Fsp3) is 0.593. The highest BCUT2D eigenvalue weighted by molar-refractivity contribution is 5.91. The lowest BCUT2D eigenvalue weighted by Gasteiger charge is -2.59. The number of Topliss-reactive ketones (excluding diaryl/α,β-unsaturated/α-hetero) is 1. The Bertz CT molecular complexity index is 1130. The van der Waals surface area contributed by atoms with E-state index in [1.807, 2.05) is 40.0 Å². The molecule has 3 aliphatic rings. The van der Waals surface area contributed by atoms with Crippen LogP contribution in [0.4, 0.5) is 0 Å². The quantitative estimate of drug-likeness (QED) is 0.413. The average Bonchev–Trinajstić information content (AvgIpc) is 3.18. The molecule has 0 bridgehead atoms. The van der Waals surface area contributed by atoms with Crippen molar-refractivity contribution in [3.63, 3.8) is 0 Å². The fourth-order valence-corrected chi connectivity index (χ4v) is 6.34. The first-order chi connectivity index (χ1) is 16.8. The van der Waals surface area contributed by atoms with E-state index in [1.54, 1.807) is 6.92 Å². The number of likely N-dealkylation sites (tertiary alicyclic amines) is 1. The summed E-state index contributed by atoms with van der Waals surface area (Å²) in [7, 11) is 2.01. The molecule has 1 fully saturated rings. The number of aliphatic hydroxyl groups excluding tert-OH is 1. The Kier molecular flexibility index (Phi) is 6.79. The van der Waals surface area contributed by atoms with E-state index in [9.17, 15) is 24.6 Å². The summed E-state index contributed by atoms with van der Waals surface area (Å²) in [6.45, 7) is 8.37. The van der Waals surface area contributed by atoms with Crippen molar-refractivity contribution >= 4 is 17.7 Å². The Labute approximate surface area is 211 Å². The van der Waals surface area contributed by atoms with Gasteiger partial charge in [0.1, 0.15) is 11.9 Å². The molecule has 9 heteroatoms. The van der Waals surface area contributed by atoms with Crippen LogP contribution < -0.4 is 10.1 Å². The third-order valence-corrected chi connectivity index (χ3v) is 8.59. The van der Waals surface area contributed by atoms with Gasteiger partial charge in [-0.3, -0.25) is 9.59 Å². The molecule has 4 N–H and O–H groups in total. The minimum Gasteiger partial charge on any atom is -0.484 e. The first-order valence-electron chi connectivity index (χ1n) is 12.4. The monoisotopic (exact) mass is 500 g/mol. The lowest BCUT2D eigenvalue weighted by Crippen LogP contribution is -2.71. The van der Waals surface area contributed by atoms with E-state index in [4.69, 9.17) is 9.84 Å². The molecule has 1 amide bonds. The predicted octanol–water partition coefficient (Wildman–Crippen LogP) is 1.39. The summed E-state index contributed by atoms with van der Waals surface area (Å²) in [6.07, 6.45) is 0.0298. The number of carboxylic acid groups (broad SMARTS) is 1. The number of fused-ring (bicyclic) bond motifs is 1. The van der Waals surface area contributed by atoms with E-state index < -0.39 is 47.6 Å². The van der Waals surface area contributed by atoms with Gasteiger partial charge in [0.2, 0.25) is 5.91 Å². The van der Waals surface area contributed by atoms with Gasteiger partial charge in [-0.05, 0) is 70.8 Å². The number of rotatable bonds is 7. The van der Waals surface area contributed by atoms with Crippen molar-refractivity contribution in [2.75, 3.05) is 13.6 Å². The Morgan fingerprint density at radius 3 is 2.58 bits per heavy atom. The van der Waals surface area contributed by atoms with Gasteiger partial charge in [-0.1, -0.05) is 18.2 Å². The topological polar surface area (TPSA) is 136 Å². The lowest BCUT2D eigenvalue weighted by molar-refractivity contribution is -0.149. The molecule has 2 aliphatic heterocycles. The number of hydrogen-bond acceptors (Lipinski definition) is 7. The van der Waals surface area contributed by atoms with Crippen molar-refractivity contribution < 1.29 is 34.4 Å². The molecule has 0 saturated carbocycles. The molecular formula is C27H36N2O7. The van der Waals surface area contributed by atoms with E-state index in [1.165, 1.54) is 0 Å². The van der Waals surface area contributed by atoms with Crippen LogP contribution in [0.1, 0.15) is 56.2 Å². The molecule has 1 aliphatic carbocycles. The number of piperidine rings is 1. The number of nitrogens with one attached hydrogen (secondary N) is 1. The maximum absolute atomic E-state index is 13.2. The number of hydrogen-bond donors (Lipinski definition) is 4. The molecule has 6 unspecified atom stereocenters. The van der Waals surface area contributed by atoms with Crippen molar-refractivity contribution in [3.05, 3.63) is 40.5 Å². The van der Waals surface area contributed by atoms with Crippen LogP contribution in [0.2, 0.25) is 0 Å². The number of ether oxygens (including phenoxy) is 1. The number of aryl methyl sites for hydroxylation is 2. The smallest absolute Gasteiger partial charge is 0.333 e. The van der Waals surface area contributed by atoms with Crippen molar-refractivity contribution in [3.8, 4) is 5.75 Å². The van der Waals surface area contributed by atoms with E-state index >= 15 is 0 Å². The first kappa shape index (κ1) is 26.3. The van der Waals surface area contributed by atoms with E-state index in [0.717, 1.165) is 34.6 Å². The zero-order valence-corrected chi connectivity index (χ0v) is 21.5. The van der Waals surface area contributed by atoms with Crippen molar-refractivity contribution in [2.45, 2.75) is 88.7 Å². The molecule has 1 spiro atoms. The lowest BCUT2D eigenvalue weighted by atomic mass is 9.52. The third kappa shape index (κ3) is 3.93.